The van der Waals surface area contributed by atoms with Crippen molar-refractivity contribution in [3.63, 3.8) is 0 Å². The Balaban J connectivity index is 2.20. The van der Waals surface area contributed by atoms with Crippen molar-refractivity contribution in [1.29, 1.82) is 0 Å². The van der Waals surface area contributed by atoms with Gasteiger partial charge in [-0.1, -0.05) is 11.6 Å². The third-order valence-corrected chi connectivity index (χ3v) is 2.44. The van der Waals surface area contributed by atoms with Crippen molar-refractivity contribution in [2.24, 2.45) is 0 Å². The molecule has 0 saturated heterocycles. The fourth-order valence-corrected chi connectivity index (χ4v) is 1.50. The summed E-state index contributed by atoms with van der Waals surface area (Å²) in [6, 6.07) is 3.67. The zero-order valence-electron chi connectivity index (χ0n) is 9.25. The van der Waals surface area contributed by atoms with E-state index < -0.39 is 10.8 Å². The number of halogens is 1. The number of H-pyrrole nitrogens is 1. The number of anilines is 2. The van der Waals surface area contributed by atoms with Gasteiger partial charge in [0.1, 0.15) is 0 Å². The van der Waals surface area contributed by atoms with Crippen molar-refractivity contribution in [3.8, 4) is 0 Å². The van der Waals surface area contributed by atoms with Crippen LogP contribution in [-0.2, 0) is 0 Å². The molecule has 19 heavy (non-hydrogen) atoms. The number of hydrogen-bond donors (Lipinski definition) is 3. The van der Waals surface area contributed by atoms with E-state index in [0.29, 0.717) is 0 Å². The largest absolute Gasteiger partial charge is 0.366 e. The standard InChI is InChI=1S/C9H7ClN6O3/c10-5-3-4(16(18)19)1-2-6(5)12-8(17)7-13-9(11)15-14-7/h1-3H,(H,12,17)(H3,11,13,14,15). The number of non-ortho nitro benzene ring substituents is 1. The fraction of sp³-hybridized carbons (Fsp3) is 0. The Morgan fingerprint density at radius 1 is 1.53 bits per heavy atom. The van der Waals surface area contributed by atoms with Crippen molar-refractivity contribution in [2.75, 3.05) is 11.1 Å². The van der Waals surface area contributed by atoms with Gasteiger partial charge in [0.25, 0.3) is 11.6 Å². The van der Waals surface area contributed by atoms with E-state index >= 15 is 0 Å². The molecule has 0 spiro atoms. The molecule has 2 rings (SSSR count). The second-order valence-electron chi connectivity index (χ2n) is 3.42. The molecule has 98 valence electrons. The molecule has 4 N–H and O–H groups in total. The molecule has 9 nitrogen and oxygen atoms in total. The van der Waals surface area contributed by atoms with Crippen LogP contribution in [0.2, 0.25) is 5.02 Å². The number of nitro benzene ring substituents is 1. The summed E-state index contributed by atoms with van der Waals surface area (Å²) < 4.78 is 0. The molecule has 1 heterocycles. The van der Waals surface area contributed by atoms with Gasteiger partial charge in [-0.15, -0.1) is 5.10 Å². The predicted octanol–water partition coefficient (Wildman–Crippen LogP) is 1.20. The maximum absolute atomic E-state index is 11.7. The molecular formula is C9H7ClN6O3. The van der Waals surface area contributed by atoms with Gasteiger partial charge in [-0.05, 0) is 6.07 Å². The van der Waals surface area contributed by atoms with Gasteiger partial charge in [-0.25, -0.2) is 0 Å². The Labute approximate surface area is 110 Å². The molecule has 0 aliphatic heterocycles. The Morgan fingerprint density at radius 3 is 2.79 bits per heavy atom. The number of nitrogens with two attached hydrogens (primary N) is 1. The van der Waals surface area contributed by atoms with Crippen LogP contribution in [0, 0.1) is 10.1 Å². The second-order valence-corrected chi connectivity index (χ2v) is 3.82. The van der Waals surface area contributed by atoms with Gasteiger partial charge in [0.05, 0.1) is 15.6 Å². The van der Waals surface area contributed by atoms with Crippen LogP contribution in [-0.4, -0.2) is 26.0 Å². The number of amides is 1. The van der Waals surface area contributed by atoms with Gasteiger partial charge in [0.15, 0.2) is 0 Å². The lowest BCUT2D eigenvalue weighted by molar-refractivity contribution is -0.384. The van der Waals surface area contributed by atoms with Crippen molar-refractivity contribution < 1.29 is 9.72 Å². The van der Waals surface area contributed by atoms with E-state index in [1.165, 1.54) is 12.1 Å². The number of aromatic nitrogens is 3. The Hall–Kier alpha value is -2.68. The molecule has 0 unspecified atom stereocenters. The molecular weight excluding hydrogens is 276 g/mol. The smallest absolute Gasteiger partial charge is 0.293 e. The summed E-state index contributed by atoms with van der Waals surface area (Å²) in [7, 11) is 0. The van der Waals surface area contributed by atoms with E-state index in [1.54, 1.807) is 0 Å². The monoisotopic (exact) mass is 282 g/mol. The number of hydrogen-bond acceptors (Lipinski definition) is 6. The topological polar surface area (TPSA) is 140 Å². The molecule has 1 aromatic heterocycles. The van der Waals surface area contributed by atoms with Gasteiger partial charge >= 0.3 is 0 Å². The summed E-state index contributed by atoms with van der Waals surface area (Å²) in [4.78, 5) is 25.3. The van der Waals surface area contributed by atoms with E-state index in [-0.39, 0.29) is 28.2 Å². The number of carbonyl (C=O) groups excluding carboxylic acids is 1. The third-order valence-electron chi connectivity index (χ3n) is 2.13. The molecule has 0 radical (unpaired) electrons. The van der Waals surface area contributed by atoms with Crippen LogP contribution in [0.5, 0.6) is 0 Å². The van der Waals surface area contributed by atoms with Crippen LogP contribution >= 0.6 is 11.6 Å². The zero-order chi connectivity index (χ0) is 14.0. The second kappa shape index (κ2) is 4.90. The minimum Gasteiger partial charge on any atom is -0.366 e. The van der Waals surface area contributed by atoms with Gasteiger partial charge in [-0.3, -0.25) is 20.0 Å². The maximum Gasteiger partial charge on any atom is 0.293 e. The van der Waals surface area contributed by atoms with Crippen LogP contribution in [0.15, 0.2) is 18.2 Å². The van der Waals surface area contributed by atoms with Crippen molar-refractivity contribution in [2.45, 2.75) is 0 Å². The highest BCUT2D eigenvalue weighted by Crippen LogP contribution is 2.26. The fourth-order valence-electron chi connectivity index (χ4n) is 1.28. The van der Waals surface area contributed by atoms with Gasteiger partial charge in [-0.2, -0.15) is 4.98 Å². The van der Waals surface area contributed by atoms with E-state index in [9.17, 15) is 14.9 Å². The molecule has 0 aliphatic carbocycles. The first kappa shape index (κ1) is 12.8. The highest BCUT2D eigenvalue weighted by atomic mass is 35.5. The lowest BCUT2D eigenvalue weighted by Gasteiger charge is -2.04. The Morgan fingerprint density at radius 2 is 2.26 bits per heavy atom. The number of aromatic amines is 1. The van der Waals surface area contributed by atoms with Crippen LogP contribution < -0.4 is 11.1 Å². The van der Waals surface area contributed by atoms with E-state index in [1.807, 2.05) is 0 Å². The summed E-state index contributed by atoms with van der Waals surface area (Å²) >= 11 is 5.82. The zero-order valence-corrected chi connectivity index (χ0v) is 10.0. The van der Waals surface area contributed by atoms with Crippen LogP contribution in [0.25, 0.3) is 0 Å². The first-order chi connectivity index (χ1) is 8.97. The molecule has 0 atom stereocenters. The number of nitrogens with zero attached hydrogens (tertiary/aromatic N) is 3. The third kappa shape index (κ3) is 2.77. The highest BCUT2D eigenvalue weighted by Gasteiger charge is 2.14. The van der Waals surface area contributed by atoms with Gasteiger partial charge in [0.2, 0.25) is 11.8 Å². The van der Waals surface area contributed by atoms with Crippen LogP contribution in [0.3, 0.4) is 0 Å². The number of rotatable bonds is 3. The predicted molar refractivity (Wildman–Crippen MR) is 66.9 cm³/mol. The summed E-state index contributed by atoms with van der Waals surface area (Å²) in [6.07, 6.45) is 0. The molecule has 2 aromatic rings. The molecule has 0 bridgehead atoms. The average molecular weight is 283 g/mol. The minimum absolute atomic E-state index is 0.0371. The summed E-state index contributed by atoms with van der Waals surface area (Å²) in [5, 5.41) is 18.8. The SMILES string of the molecule is Nc1n[nH]c(C(=O)Nc2ccc([N+](=O)[O-])cc2Cl)n1. The number of carbonyl (C=O) groups is 1. The van der Waals surface area contributed by atoms with Crippen molar-refractivity contribution in [1.82, 2.24) is 15.2 Å². The molecule has 0 aliphatic rings. The average Bonchev–Trinajstić information content (AvgIpc) is 2.78. The van der Waals surface area contributed by atoms with Crippen LogP contribution in [0.1, 0.15) is 10.6 Å². The number of nitrogen functional groups attached to an aromatic ring is 1. The van der Waals surface area contributed by atoms with E-state index in [0.717, 1.165) is 6.07 Å². The molecule has 10 heteroatoms. The molecule has 0 saturated carbocycles. The minimum atomic E-state index is -0.611. The maximum atomic E-state index is 11.7. The lowest BCUT2D eigenvalue weighted by atomic mass is 10.3. The Kier molecular flexibility index (Phi) is 3.29. The molecule has 1 aromatic carbocycles. The van der Waals surface area contributed by atoms with Crippen molar-refractivity contribution >= 4 is 34.8 Å². The normalized spacial score (nSPS) is 10.2. The summed E-state index contributed by atoms with van der Waals surface area (Å²) in [5.41, 5.74) is 5.30. The number of nitro groups is 1. The van der Waals surface area contributed by atoms with Crippen LogP contribution in [0.4, 0.5) is 17.3 Å². The van der Waals surface area contributed by atoms with E-state index in [4.69, 9.17) is 17.3 Å². The quantitative estimate of drug-likeness (QED) is 0.571. The molecule has 1 amide bonds. The van der Waals surface area contributed by atoms with E-state index in [2.05, 4.69) is 20.5 Å². The first-order valence-electron chi connectivity index (χ1n) is 4.90. The summed E-state index contributed by atoms with van der Waals surface area (Å²) in [6.45, 7) is 0. The van der Waals surface area contributed by atoms with Gasteiger partial charge in [0, 0.05) is 12.1 Å². The number of benzene rings is 1. The van der Waals surface area contributed by atoms with Gasteiger partial charge < -0.3 is 11.1 Å². The number of nitrogens with one attached hydrogen (secondary N) is 2. The highest BCUT2D eigenvalue weighted by molar-refractivity contribution is 6.34. The Bertz CT molecular complexity index is 655. The lowest BCUT2D eigenvalue weighted by Crippen LogP contribution is -2.14. The summed E-state index contributed by atoms with van der Waals surface area (Å²) in [5.74, 6) is -0.771. The molecule has 0 fully saturated rings. The van der Waals surface area contributed by atoms with Crippen molar-refractivity contribution in [3.05, 3.63) is 39.2 Å². The first-order valence-corrected chi connectivity index (χ1v) is 5.28.